The van der Waals surface area contributed by atoms with Gasteiger partial charge in [-0.05, 0) is 30.7 Å². The fourth-order valence-electron chi connectivity index (χ4n) is 2.87. The number of hydrogen-bond donors (Lipinski definition) is 0. The molecule has 1 atom stereocenters. The lowest BCUT2D eigenvalue weighted by atomic mass is 10.1. The van der Waals surface area contributed by atoms with Crippen molar-refractivity contribution in [3.8, 4) is 11.5 Å². The van der Waals surface area contributed by atoms with Crippen LogP contribution in [-0.4, -0.2) is 55.3 Å². The smallest absolute Gasteiger partial charge is 0.266 e. The molecule has 0 radical (unpaired) electrons. The van der Waals surface area contributed by atoms with E-state index in [0.717, 1.165) is 0 Å². The van der Waals surface area contributed by atoms with Gasteiger partial charge in [0.2, 0.25) is 0 Å². The number of sulfone groups is 1. The second-order valence-electron chi connectivity index (χ2n) is 5.72. The second kappa shape index (κ2) is 6.97. The van der Waals surface area contributed by atoms with Crippen LogP contribution in [-0.2, 0) is 14.6 Å². The number of amides is 1. The maximum absolute atomic E-state index is 12.8. The Morgan fingerprint density at radius 2 is 2.08 bits per heavy atom. The summed E-state index contributed by atoms with van der Waals surface area (Å²) >= 11 is 6.48. The molecule has 2 saturated heterocycles. The molecule has 2 aliphatic rings. The number of nitrogens with zero attached hydrogens (tertiary/aromatic N) is 1. The molecule has 0 bridgehead atoms. The molecule has 9 heteroatoms. The Kier molecular flexibility index (Phi) is 5.08. The van der Waals surface area contributed by atoms with Crippen LogP contribution in [0.1, 0.15) is 12.0 Å². The Bertz CT molecular complexity index is 863. The van der Waals surface area contributed by atoms with E-state index in [-0.39, 0.29) is 23.5 Å². The van der Waals surface area contributed by atoms with Crippen molar-refractivity contribution >= 4 is 50.1 Å². The first kappa shape index (κ1) is 18.2. The van der Waals surface area contributed by atoms with E-state index in [9.17, 15) is 13.2 Å². The summed E-state index contributed by atoms with van der Waals surface area (Å²) in [5.74, 6) is 1.05. The van der Waals surface area contributed by atoms with Gasteiger partial charge >= 0.3 is 0 Å². The van der Waals surface area contributed by atoms with Gasteiger partial charge in [0.25, 0.3) is 5.91 Å². The normalized spacial score (nSPS) is 24.2. The van der Waals surface area contributed by atoms with Crippen molar-refractivity contribution < 1.29 is 22.7 Å². The van der Waals surface area contributed by atoms with Gasteiger partial charge in [0.05, 0.1) is 36.7 Å². The van der Waals surface area contributed by atoms with Crippen LogP contribution >= 0.6 is 24.0 Å². The summed E-state index contributed by atoms with van der Waals surface area (Å²) < 4.78 is 34.3. The Hall–Kier alpha value is -1.58. The minimum absolute atomic E-state index is 0.0325. The minimum Gasteiger partial charge on any atom is -0.497 e. The molecule has 2 aliphatic heterocycles. The summed E-state index contributed by atoms with van der Waals surface area (Å²) in [6, 6.07) is 4.92. The largest absolute Gasteiger partial charge is 0.497 e. The Labute approximate surface area is 156 Å². The molecule has 134 valence electrons. The van der Waals surface area contributed by atoms with Crippen LogP contribution in [0.2, 0.25) is 0 Å². The quantitative estimate of drug-likeness (QED) is 0.567. The summed E-state index contributed by atoms with van der Waals surface area (Å²) in [7, 11) is 0.0159. The summed E-state index contributed by atoms with van der Waals surface area (Å²) in [6.07, 6.45) is 2.12. The van der Waals surface area contributed by atoms with Crippen molar-refractivity contribution in [2.75, 3.05) is 25.7 Å². The molecule has 25 heavy (non-hydrogen) atoms. The molecule has 6 nitrogen and oxygen atoms in total. The number of hydrogen-bond acceptors (Lipinski definition) is 7. The van der Waals surface area contributed by atoms with Crippen molar-refractivity contribution in [3.05, 3.63) is 28.7 Å². The standard InChI is InChI=1S/C16H17NO5S3/c1-21-12-3-4-13(22-2)10(7-12)8-14-15(18)17(16(23)24-14)11-5-6-25(19,20)9-11/h3-4,7-8,11H,5-6,9H2,1-2H3/b14-8+/t11-/m0/s1. The van der Waals surface area contributed by atoms with Crippen LogP contribution in [0.5, 0.6) is 11.5 Å². The third-order valence-corrected chi connectivity index (χ3v) is 7.20. The zero-order chi connectivity index (χ0) is 18.2. The van der Waals surface area contributed by atoms with Crippen LogP contribution < -0.4 is 9.47 Å². The van der Waals surface area contributed by atoms with Gasteiger partial charge in [0.15, 0.2) is 9.84 Å². The molecule has 0 spiro atoms. The van der Waals surface area contributed by atoms with E-state index in [0.29, 0.717) is 32.7 Å². The van der Waals surface area contributed by atoms with Crippen molar-refractivity contribution in [2.24, 2.45) is 0 Å². The van der Waals surface area contributed by atoms with Gasteiger partial charge in [0, 0.05) is 5.56 Å². The van der Waals surface area contributed by atoms with Gasteiger partial charge in [0.1, 0.15) is 15.8 Å². The first-order valence-corrected chi connectivity index (χ1v) is 10.6. The van der Waals surface area contributed by atoms with Crippen molar-refractivity contribution in [2.45, 2.75) is 12.5 Å². The number of benzene rings is 1. The molecule has 0 unspecified atom stereocenters. The molecular formula is C16H17NO5S3. The molecule has 2 fully saturated rings. The number of methoxy groups -OCH3 is 2. The topological polar surface area (TPSA) is 72.9 Å². The third-order valence-electron chi connectivity index (χ3n) is 4.12. The van der Waals surface area contributed by atoms with Gasteiger partial charge in [-0.25, -0.2) is 8.42 Å². The van der Waals surface area contributed by atoms with Crippen LogP contribution in [0, 0.1) is 0 Å². The molecule has 1 aromatic carbocycles. The molecule has 0 aromatic heterocycles. The SMILES string of the molecule is COc1ccc(OC)c(/C=C2/SC(=S)N([C@H]3CCS(=O)(=O)C3)C2=O)c1. The lowest BCUT2D eigenvalue weighted by molar-refractivity contribution is -0.123. The maximum Gasteiger partial charge on any atom is 0.266 e. The first-order valence-electron chi connectivity index (χ1n) is 7.54. The number of rotatable bonds is 4. The molecule has 0 saturated carbocycles. The first-order chi connectivity index (χ1) is 11.8. The van der Waals surface area contributed by atoms with Gasteiger partial charge in [-0.15, -0.1) is 0 Å². The van der Waals surface area contributed by atoms with E-state index in [2.05, 4.69) is 0 Å². The van der Waals surface area contributed by atoms with E-state index in [1.54, 1.807) is 38.5 Å². The Morgan fingerprint density at radius 3 is 2.68 bits per heavy atom. The van der Waals surface area contributed by atoms with E-state index in [1.165, 1.54) is 16.7 Å². The Morgan fingerprint density at radius 1 is 1.32 bits per heavy atom. The Balaban J connectivity index is 1.91. The van der Waals surface area contributed by atoms with E-state index in [1.807, 2.05) is 0 Å². The van der Waals surface area contributed by atoms with Gasteiger partial charge in [-0.2, -0.15) is 0 Å². The summed E-state index contributed by atoms with van der Waals surface area (Å²) in [5.41, 5.74) is 0.696. The highest BCUT2D eigenvalue weighted by atomic mass is 32.2. The maximum atomic E-state index is 12.8. The highest BCUT2D eigenvalue weighted by molar-refractivity contribution is 8.26. The zero-order valence-corrected chi connectivity index (χ0v) is 16.2. The molecular weight excluding hydrogens is 382 g/mol. The predicted molar refractivity (Wildman–Crippen MR) is 102 cm³/mol. The van der Waals surface area contributed by atoms with E-state index < -0.39 is 9.84 Å². The van der Waals surface area contributed by atoms with E-state index in [4.69, 9.17) is 21.7 Å². The fourth-order valence-corrected chi connectivity index (χ4v) is 5.96. The van der Waals surface area contributed by atoms with Crippen molar-refractivity contribution in [1.82, 2.24) is 4.90 Å². The van der Waals surface area contributed by atoms with Crippen LogP contribution in [0.3, 0.4) is 0 Å². The number of carbonyl (C=O) groups is 1. The third kappa shape index (κ3) is 3.68. The summed E-state index contributed by atoms with van der Waals surface area (Å²) in [4.78, 5) is 14.6. The highest BCUT2D eigenvalue weighted by Crippen LogP contribution is 2.37. The van der Waals surface area contributed by atoms with E-state index >= 15 is 0 Å². The number of thioether (sulfide) groups is 1. The molecule has 3 rings (SSSR count). The van der Waals surface area contributed by atoms with Crippen molar-refractivity contribution in [1.29, 1.82) is 0 Å². The fraction of sp³-hybridized carbons (Fsp3) is 0.375. The number of ether oxygens (including phenoxy) is 2. The zero-order valence-electron chi connectivity index (χ0n) is 13.7. The minimum atomic E-state index is -3.09. The van der Waals surface area contributed by atoms with Gasteiger partial charge < -0.3 is 9.47 Å². The number of carbonyl (C=O) groups excluding carboxylic acids is 1. The highest BCUT2D eigenvalue weighted by Gasteiger charge is 2.42. The molecule has 2 heterocycles. The van der Waals surface area contributed by atoms with Crippen LogP contribution in [0.15, 0.2) is 23.1 Å². The lowest BCUT2D eigenvalue weighted by Crippen LogP contribution is -2.39. The molecule has 1 amide bonds. The second-order valence-corrected chi connectivity index (χ2v) is 9.62. The summed E-state index contributed by atoms with van der Waals surface area (Å²) in [5, 5.41) is 0. The monoisotopic (exact) mass is 399 g/mol. The molecule has 0 aliphatic carbocycles. The van der Waals surface area contributed by atoms with Crippen molar-refractivity contribution in [3.63, 3.8) is 0 Å². The lowest BCUT2D eigenvalue weighted by Gasteiger charge is -2.20. The molecule has 1 aromatic rings. The predicted octanol–water partition coefficient (Wildman–Crippen LogP) is 2.09. The average Bonchev–Trinajstić information content (AvgIpc) is 3.06. The van der Waals surface area contributed by atoms with Crippen LogP contribution in [0.4, 0.5) is 0 Å². The van der Waals surface area contributed by atoms with Gasteiger partial charge in [-0.3, -0.25) is 9.69 Å². The summed E-state index contributed by atoms with van der Waals surface area (Å²) in [6.45, 7) is 0. The number of thiocarbonyl (C=S) groups is 1. The van der Waals surface area contributed by atoms with Crippen LogP contribution in [0.25, 0.3) is 6.08 Å². The molecule has 0 N–H and O–H groups in total. The van der Waals surface area contributed by atoms with Gasteiger partial charge in [-0.1, -0.05) is 24.0 Å². The average molecular weight is 400 g/mol.